The number of carbonyl (C=O) groups is 2. The molecule has 5 heteroatoms. The number of benzene rings is 3. The van der Waals surface area contributed by atoms with E-state index in [1.807, 2.05) is 42.5 Å². The highest BCUT2D eigenvalue weighted by Crippen LogP contribution is 2.19. The van der Waals surface area contributed by atoms with Gasteiger partial charge < -0.3 is 16.0 Å². The van der Waals surface area contributed by atoms with E-state index in [1.165, 1.54) is 0 Å². The summed E-state index contributed by atoms with van der Waals surface area (Å²) < 4.78 is 0. The summed E-state index contributed by atoms with van der Waals surface area (Å²) >= 11 is 0. The topological polar surface area (TPSA) is 75.4 Å². The molecule has 0 fully saturated rings. The smallest absolute Gasteiger partial charge is 0.256 e. The lowest BCUT2D eigenvalue weighted by molar-refractivity contribution is -0.115. The molecule has 3 aromatic rings. The molecule has 5 nitrogen and oxygen atoms in total. The van der Waals surface area contributed by atoms with E-state index in [1.54, 1.807) is 48.3 Å². The van der Waals surface area contributed by atoms with Crippen LogP contribution in [0.25, 0.3) is 0 Å². The first-order valence-electron chi connectivity index (χ1n) is 9.05. The summed E-state index contributed by atoms with van der Waals surface area (Å²) in [5.41, 5.74) is 9.20. The molecule has 3 N–H and O–H groups in total. The Bertz CT molecular complexity index is 953. The highest BCUT2D eigenvalue weighted by molar-refractivity contribution is 6.04. The fourth-order valence-corrected chi connectivity index (χ4v) is 2.93. The summed E-state index contributed by atoms with van der Waals surface area (Å²) in [5, 5.41) is 2.86. The van der Waals surface area contributed by atoms with Gasteiger partial charge in [-0.05, 0) is 35.4 Å². The van der Waals surface area contributed by atoms with Gasteiger partial charge in [-0.1, -0.05) is 54.6 Å². The van der Waals surface area contributed by atoms with E-state index in [4.69, 9.17) is 5.73 Å². The fraction of sp³-hybridized carbons (Fsp3) is 0.130. The van der Waals surface area contributed by atoms with Crippen molar-refractivity contribution < 1.29 is 9.59 Å². The predicted octanol–water partition coefficient (Wildman–Crippen LogP) is 3.72. The van der Waals surface area contributed by atoms with Crippen LogP contribution in [0, 0.1) is 0 Å². The zero-order valence-corrected chi connectivity index (χ0v) is 15.8. The van der Waals surface area contributed by atoms with Crippen molar-refractivity contribution in [3.63, 3.8) is 0 Å². The molecule has 0 aliphatic heterocycles. The van der Waals surface area contributed by atoms with E-state index >= 15 is 0 Å². The van der Waals surface area contributed by atoms with Gasteiger partial charge in [0.25, 0.3) is 5.91 Å². The fourth-order valence-electron chi connectivity index (χ4n) is 2.93. The summed E-state index contributed by atoms with van der Waals surface area (Å²) in [5.74, 6) is -0.331. The zero-order valence-electron chi connectivity index (χ0n) is 15.8. The molecule has 2 amide bonds. The van der Waals surface area contributed by atoms with Gasteiger partial charge in [-0.3, -0.25) is 9.59 Å². The van der Waals surface area contributed by atoms with Crippen molar-refractivity contribution in [3.05, 3.63) is 95.6 Å². The standard InChI is InChI=1S/C23H23N3O2/c1-26(16-18-7-3-2-4-8-18)23(28)20-9-5-6-10-21(20)25-22(27)15-17-11-13-19(24)14-12-17/h2-14H,15-16,24H2,1H3,(H,25,27). The van der Waals surface area contributed by atoms with Crippen LogP contribution in [-0.4, -0.2) is 23.8 Å². The van der Waals surface area contributed by atoms with Gasteiger partial charge in [0.1, 0.15) is 0 Å². The van der Waals surface area contributed by atoms with E-state index in [-0.39, 0.29) is 18.2 Å². The number of nitrogens with two attached hydrogens (primary N) is 1. The molecule has 0 spiro atoms. The summed E-state index contributed by atoms with van der Waals surface area (Å²) in [4.78, 5) is 27.0. The van der Waals surface area contributed by atoms with Crippen molar-refractivity contribution >= 4 is 23.2 Å². The lowest BCUT2D eigenvalue weighted by Crippen LogP contribution is -2.27. The molecule has 28 heavy (non-hydrogen) atoms. The number of carbonyl (C=O) groups excluding carboxylic acids is 2. The van der Waals surface area contributed by atoms with E-state index in [9.17, 15) is 9.59 Å². The molecule has 0 atom stereocenters. The van der Waals surface area contributed by atoms with E-state index in [2.05, 4.69) is 5.32 Å². The van der Waals surface area contributed by atoms with Crippen LogP contribution in [0.3, 0.4) is 0 Å². The monoisotopic (exact) mass is 373 g/mol. The van der Waals surface area contributed by atoms with E-state index in [0.717, 1.165) is 11.1 Å². The SMILES string of the molecule is CN(Cc1ccccc1)C(=O)c1ccccc1NC(=O)Cc1ccc(N)cc1. The van der Waals surface area contributed by atoms with Crippen LogP contribution < -0.4 is 11.1 Å². The minimum Gasteiger partial charge on any atom is -0.399 e. The largest absolute Gasteiger partial charge is 0.399 e. The van der Waals surface area contributed by atoms with Gasteiger partial charge in [-0.25, -0.2) is 0 Å². The van der Waals surface area contributed by atoms with Crippen LogP contribution in [-0.2, 0) is 17.8 Å². The first-order valence-corrected chi connectivity index (χ1v) is 9.05. The predicted molar refractivity (Wildman–Crippen MR) is 112 cm³/mol. The maximum Gasteiger partial charge on any atom is 0.256 e. The number of amides is 2. The maximum absolute atomic E-state index is 12.9. The Balaban J connectivity index is 1.70. The van der Waals surface area contributed by atoms with Crippen molar-refractivity contribution in [3.8, 4) is 0 Å². The third kappa shape index (κ3) is 4.98. The van der Waals surface area contributed by atoms with Crippen LogP contribution in [0.5, 0.6) is 0 Å². The van der Waals surface area contributed by atoms with Crippen LogP contribution in [0.1, 0.15) is 21.5 Å². The molecule has 0 saturated carbocycles. The van der Waals surface area contributed by atoms with Crippen molar-refractivity contribution in [1.82, 2.24) is 4.90 Å². The molecule has 0 saturated heterocycles. The number of nitrogens with zero attached hydrogens (tertiary/aromatic N) is 1. The first kappa shape index (κ1) is 19.2. The molecule has 0 unspecified atom stereocenters. The second-order valence-corrected chi connectivity index (χ2v) is 6.66. The Hall–Kier alpha value is -3.60. The van der Waals surface area contributed by atoms with E-state index in [0.29, 0.717) is 23.5 Å². The minimum atomic E-state index is -0.185. The molecular weight excluding hydrogens is 350 g/mol. The molecule has 0 radical (unpaired) electrons. The molecule has 0 bridgehead atoms. The van der Waals surface area contributed by atoms with Crippen LogP contribution in [0.2, 0.25) is 0 Å². The number of rotatable bonds is 6. The molecule has 0 aliphatic carbocycles. The third-order valence-electron chi connectivity index (χ3n) is 4.39. The Morgan fingerprint density at radius 3 is 2.21 bits per heavy atom. The lowest BCUT2D eigenvalue weighted by atomic mass is 10.1. The van der Waals surface area contributed by atoms with Crippen LogP contribution in [0.15, 0.2) is 78.9 Å². The number of para-hydroxylation sites is 1. The maximum atomic E-state index is 12.9. The third-order valence-corrected chi connectivity index (χ3v) is 4.39. The number of hydrogen-bond acceptors (Lipinski definition) is 3. The Kier molecular flexibility index (Phi) is 6.07. The average Bonchev–Trinajstić information content (AvgIpc) is 2.70. The average molecular weight is 373 g/mol. The summed E-state index contributed by atoms with van der Waals surface area (Å²) in [7, 11) is 1.75. The van der Waals surface area contributed by atoms with Gasteiger partial charge in [-0.15, -0.1) is 0 Å². The van der Waals surface area contributed by atoms with Gasteiger partial charge >= 0.3 is 0 Å². The molecule has 3 aromatic carbocycles. The number of nitrogen functional groups attached to an aromatic ring is 1. The van der Waals surface area contributed by atoms with Crippen molar-refractivity contribution in [2.75, 3.05) is 18.1 Å². The number of hydrogen-bond donors (Lipinski definition) is 2. The molecule has 0 heterocycles. The van der Waals surface area contributed by atoms with Gasteiger partial charge in [0.05, 0.1) is 17.7 Å². The van der Waals surface area contributed by atoms with Crippen LogP contribution >= 0.6 is 0 Å². The van der Waals surface area contributed by atoms with Gasteiger partial charge in [0.2, 0.25) is 5.91 Å². The molecule has 0 aromatic heterocycles. The normalized spacial score (nSPS) is 10.3. The number of nitrogens with one attached hydrogen (secondary N) is 1. The minimum absolute atomic E-state index is 0.146. The molecule has 0 aliphatic rings. The van der Waals surface area contributed by atoms with E-state index < -0.39 is 0 Å². The molecule has 142 valence electrons. The Morgan fingerprint density at radius 2 is 1.50 bits per heavy atom. The first-order chi connectivity index (χ1) is 13.5. The molecule has 3 rings (SSSR count). The second kappa shape index (κ2) is 8.86. The van der Waals surface area contributed by atoms with Crippen LogP contribution in [0.4, 0.5) is 11.4 Å². The number of anilines is 2. The quantitative estimate of drug-likeness (QED) is 0.647. The summed E-state index contributed by atoms with van der Waals surface area (Å²) in [6, 6.07) is 24.0. The second-order valence-electron chi connectivity index (χ2n) is 6.66. The van der Waals surface area contributed by atoms with Crippen molar-refractivity contribution in [2.24, 2.45) is 0 Å². The Labute approximate surface area is 164 Å². The zero-order chi connectivity index (χ0) is 19.9. The van der Waals surface area contributed by atoms with Gasteiger partial charge in [-0.2, -0.15) is 0 Å². The highest BCUT2D eigenvalue weighted by Gasteiger charge is 2.17. The van der Waals surface area contributed by atoms with Gasteiger partial charge in [0, 0.05) is 19.3 Å². The summed E-state index contributed by atoms with van der Waals surface area (Å²) in [6.07, 6.45) is 0.211. The van der Waals surface area contributed by atoms with Crippen molar-refractivity contribution in [2.45, 2.75) is 13.0 Å². The lowest BCUT2D eigenvalue weighted by Gasteiger charge is -2.19. The van der Waals surface area contributed by atoms with Gasteiger partial charge in [0.15, 0.2) is 0 Å². The summed E-state index contributed by atoms with van der Waals surface area (Å²) in [6.45, 7) is 0.493. The Morgan fingerprint density at radius 1 is 0.857 bits per heavy atom. The molecular formula is C23H23N3O2. The highest BCUT2D eigenvalue weighted by atomic mass is 16.2. The van der Waals surface area contributed by atoms with Crippen molar-refractivity contribution in [1.29, 1.82) is 0 Å².